The molecular formula is C23H23N5OS. The molecule has 0 spiro atoms. The van der Waals surface area contributed by atoms with Crippen LogP contribution in [-0.2, 0) is 4.79 Å². The van der Waals surface area contributed by atoms with Crippen LogP contribution in [0.15, 0.2) is 42.9 Å². The van der Waals surface area contributed by atoms with Gasteiger partial charge < -0.3 is 10.2 Å². The van der Waals surface area contributed by atoms with Crippen LogP contribution in [0.2, 0.25) is 0 Å². The number of benzene rings is 1. The third kappa shape index (κ3) is 3.39. The number of rotatable bonds is 3. The second kappa shape index (κ2) is 7.65. The van der Waals surface area contributed by atoms with Crippen LogP contribution in [0.4, 0.5) is 11.5 Å². The van der Waals surface area contributed by atoms with E-state index in [-0.39, 0.29) is 11.8 Å². The minimum atomic E-state index is -0.00430. The number of pyridine rings is 1. The smallest absolute Gasteiger partial charge is 0.227 e. The minimum absolute atomic E-state index is 0.00430. The van der Waals surface area contributed by atoms with E-state index in [4.69, 9.17) is 0 Å². The summed E-state index contributed by atoms with van der Waals surface area (Å²) >= 11 is 1.72. The second-order valence-electron chi connectivity index (χ2n) is 7.83. The number of para-hydroxylation sites is 1. The van der Waals surface area contributed by atoms with Crippen molar-refractivity contribution in [3.8, 4) is 0 Å². The number of fused-ring (bicyclic) bond motifs is 2. The number of carbonyl (C=O) groups is 1. The molecule has 3 aromatic heterocycles. The van der Waals surface area contributed by atoms with Gasteiger partial charge in [0.15, 0.2) is 0 Å². The predicted molar refractivity (Wildman–Crippen MR) is 122 cm³/mol. The molecule has 152 valence electrons. The zero-order chi connectivity index (χ0) is 20.7. The van der Waals surface area contributed by atoms with Crippen molar-refractivity contribution in [3.63, 3.8) is 0 Å². The van der Waals surface area contributed by atoms with Gasteiger partial charge in [-0.15, -0.1) is 11.3 Å². The van der Waals surface area contributed by atoms with Gasteiger partial charge in [-0.05, 0) is 44.4 Å². The second-order valence-corrected chi connectivity index (χ2v) is 9.03. The molecule has 0 radical (unpaired) electrons. The Hall–Kier alpha value is -3.06. The molecule has 1 saturated heterocycles. The first-order chi connectivity index (χ1) is 14.6. The summed E-state index contributed by atoms with van der Waals surface area (Å²) in [6, 6.07) is 9.90. The fraction of sp³-hybridized carbons (Fsp3) is 0.304. The van der Waals surface area contributed by atoms with Crippen LogP contribution < -0.4 is 10.2 Å². The highest BCUT2D eigenvalue weighted by Crippen LogP contribution is 2.35. The van der Waals surface area contributed by atoms with E-state index < -0.39 is 0 Å². The molecule has 0 atom stereocenters. The van der Waals surface area contributed by atoms with Crippen LogP contribution >= 0.6 is 11.3 Å². The van der Waals surface area contributed by atoms with E-state index in [2.05, 4.69) is 39.0 Å². The van der Waals surface area contributed by atoms with Crippen molar-refractivity contribution >= 4 is 49.9 Å². The maximum absolute atomic E-state index is 12.8. The Morgan fingerprint density at radius 2 is 1.93 bits per heavy atom. The third-order valence-corrected chi connectivity index (χ3v) is 7.08. The zero-order valence-electron chi connectivity index (χ0n) is 17.1. The average Bonchev–Trinajstić information content (AvgIpc) is 3.07. The first-order valence-electron chi connectivity index (χ1n) is 10.2. The van der Waals surface area contributed by atoms with Crippen LogP contribution in [0.25, 0.3) is 21.1 Å². The van der Waals surface area contributed by atoms with Gasteiger partial charge in [-0.1, -0.05) is 18.2 Å². The van der Waals surface area contributed by atoms with Crippen LogP contribution in [0, 0.1) is 19.8 Å². The third-order valence-electron chi connectivity index (χ3n) is 5.97. The Kier molecular flexibility index (Phi) is 4.83. The van der Waals surface area contributed by atoms with Crippen LogP contribution in [0.1, 0.15) is 23.3 Å². The number of hydrogen-bond acceptors (Lipinski definition) is 6. The molecule has 0 saturated carbocycles. The molecule has 0 unspecified atom stereocenters. The van der Waals surface area contributed by atoms with E-state index in [0.717, 1.165) is 58.6 Å². The Labute approximate surface area is 179 Å². The van der Waals surface area contributed by atoms with E-state index in [1.165, 1.54) is 10.4 Å². The molecule has 1 fully saturated rings. The van der Waals surface area contributed by atoms with Gasteiger partial charge in [0.1, 0.15) is 17.0 Å². The highest BCUT2D eigenvalue weighted by Gasteiger charge is 2.27. The Bertz CT molecular complexity index is 1240. The molecule has 1 amide bonds. The molecule has 30 heavy (non-hydrogen) atoms. The fourth-order valence-electron chi connectivity index (χ4n) is 4.14. The van der Waals surface area contributed by atoms with Crippen LogP contribution in [0.5, 0.6) is 0 Å². The number of thiophene rings is 1. The van der Waals surface area contributed by atoms with Crippen molar-refractivity contribution in [1.29, 1.82) is 0 Å². The standard InChI is InChI=1S/C23H23N5OS/c1-14-15(2)30-23-20(14)21(25-13-26-23)28-9-7-16(8-10-28)22(29)27-18-11-17-5-3-4-6-19(17)24-12-18/h3-6,11-13,16H,7-10H2,1-2H3,(H,27,29). The van der Waals surface area contributed by atoms with Gasteiger partial charge in [0.05, 0.1) is 22.8 Å². The van der Waals surface area contributed by atoms with Gasteiger partial charge in [0.25, 0.3) is 0 Å². The number of amides is 1. The first kappa shape index (κ1) is 18.9. The van der Waals surface area contributed by atoms with Crippen LogP contribution in [0.3, 0.4) is 0 Å². The average molecular weight is 418 g/mol. The molecule has 5 rings (SSSR count). The van der Waals surface area contributed by atoms with Crippen molar-refractivity contribution in [1.82, 2.24) is 15.0 Å². The van der Waals surface area contributed by atoms with Gasteiger partial charge in [-0.3, -0.25) is 9.78 Å². The lowest BCUT2D eigenvalue weighted by molar-refractivity contribution is -0.120. The summed E-state index contributed by atoms with van der Waals surface area (Å²) in [4.78, 5) is 30.9. The number of nitrogens with one attached hydrogen (secondary N) is 1. The lowest BCUT2D eigenvalue weighted by Crippen LogP contribution is -2.38. The molecule has 6 nitrogen and oxygen atoms in total. The molecule has 7 heteroatoms. The minimum Gasteiger partial charge on any atom is -0.356 e. The van der Waals surface area contributed by atoms with Gasteiger partial charge in [-0.25, -0.2) is 9.97 Å². The molecule has 1 aliphatic heterocycles. The zero-order valence-corrected chi connectivity index (χ0v) is 17.9. The van der Waals surface area contributed by atoms with Gasteiger partial charge in [-0.2, -0.15) is 0 Å². The summed E-state index contributed by atoms with van der Waals surface area (Å²) in [5.74, 6) is 1.07. The lowest BCUT2D eigenvalue weighted by Gasteiger charge is -2.32. The van der Waals surface area contributed by atoms with Crippen molar-refractivity contribution in [2.45, 2.75) is 26.7 Å². The molecular weight excluding hydrogens is 394 g/mol. The largest absolute Gasteiger partial charge is 0.356 e. The molecule has 0 bridgehead atoms. The molecule has 1 aromatic carbocycles. The number of carbonyl (C=O) groups excluding carboxylic acids is 1. The normalized spacial score (nSPS) is 15.1. The summed E-state index contributed by atoms with van der Waals surface area (Å²) in [5.41, 5.74) is 2.94. The SMILES string of the molecule is Cc1sc2ncnc(N3CCC(C(=O)Nc4cnc5ccccc5c4)CC3)c2c1C. The van der Waals surface area contributed by atoms with Crippen LogP contribution in [-0.4, -0.2) is 33.9 Å². The number of hydrogen-bond donors (Lipinski definition) is 1. The van der Waals surface area contributed by atoms with E-state index in [1.54, 1.807) is 23.9 Å². The van der Waals surface area contributed by atoms with Gasteiger partial charge >= 0.3 is 0 Å². The van der Waals surface area contributed by atoms with Gasteiger partial charge in [0, 0.05) is 29.3 Å². The van der Waals surface area contributed by atoms with Crippen molar-refractivity contribution < 1.29 is 4.79 Å². The molecule has 4 aromatic rings. The monoisotopic (exact) mass is 417 g/mol. The predicted octanol–water partition coefficient (Wildman–Crippen LogP) is 4.71. The maximum Gasteiger partial charge on any atom is 0.227 e. The topological polar surface area (TPSA) is 71.0 Å². The maximum atomic E-state index is 12.8. The van der Waals surface area contributed by atoms with Crippen molar-refractivity contribution in [3.05, 3.63) is 53.3 Å². The molecule has 1 N–H and O–H groups in total. The quantitative estimate of drug-likeness (QED) is 0.523. The highest BCUT2D eigenvalue weighted by molar-refractivity contribution is 7.18. The number of anilines is 2. The number of piperidine rings is 1. The Morgan fingerprint density at radius 1 is 1.13 bits per heavy atom. The molecule has 0 aliphatic carbocycles. The number of aryl methyl sites for hydroxylation is 2. The lowest BCUT2D eigenvalue weighted by atomic mass is 9.95. The summed E-state index contributed by atoms with van der Waals surface area (Å²) in [6.07, 6.45) is 4.99. The Morgan fingerprint density at radius 3 is 2.77 bits per heavy atom. The summed E-state index contributed by atoms with van der Waals surface area (Å²) < 4.78 is 0. The Balaban J connectivity index is 1.28. The van der Waals surface area contributed by atoms with Crippen molar-refractivity contribution in [2.75, 3.05) is 23.3 Å². The number of nitrogens with zero attached hydrogens (tertiary/aromatic N) is 4. The van der Waals surface area contributed by atoms with E-state index in [1.807, 2.05) is 30.3 Å². The van der Waals surface area contributed by atoms with E-state index in [9.17, 15) is 4.79 Å². The summed E-state index contributed by atoms with van der Waals surface area (Å²) in [5, 5.41) is 5.24. The van der Waals surface area contributed by atoms with Gasteiger partial charge in [0.2, 0.25) is 5.91 Å². The first-order valence-corrected chi connectivity index (χ1v) is 11.0. The summed E-state index contributed by atoms with van der Waals surface area (Å²) in [6.45, 7) is 5.89. The van der Waals surface area contributed by atoms with E-state index in [0.29, 0.717) is 0 Å². The fourth-order valence-corrected chi connectivity index (χ4v) is 5.13. The molecule has 4 heterocycles. The molecule has 1 aliphatic rings. The highest BCUT2D eigenvalue weighted by atomic mass is 32.1. The number of aromatic nitrogens is 3. The van der Waals surface area contributed by atoms with E-state index >= 15 is 0 Å². The summed E-state index contributed by atoms with van der Waals surface area (Å²) in [7, 11) is 0. The van der Waals surface area contributed by atoms with Crippen molar-refractivity contribution in [2.24, 2.45) is 5.92 Å².